The number of nitrogens with one attached hydrogen (secondary N) is 2. The summed E-state index contributed by atoms with van der Waals surface area (Å²) in [6.45, 7) is 6.70. The molecule has 0 heterocycles. The monoisotopic (exact) mass is 249 g/mol. The summed E-state index contributed by atoms with van der Waals surface area (Å²) in [5.41, 5.74) is 7.45. The van der Waals surface area contributed by atoms with E-state index < -0.39 is 0 Å². The topological polar surface area (TPSA) is 67.2 Å². The molecule has 0 spiro atoms. The van der Waals surface area contributed by atoms with Crippen LogP contribution in [-0.2, 0) is 5.54 Å². The summed E-state index contributed by atoms with van der Waals surface area (Å²) in [4.78, 5) is 11.5. The zero-order chi connectivity index (χ0) is 13.6. The van der Waals surface area contributed by atoms with Crippen molar-refractivity contribution in [2.75, 3.05) is 11.9 Å². The molecule has 1 aromatic carbocycles. The van der Waals surface area contributed by atoms with E-state index in [1.165, 1.54) is 0 Å². The first-order chi connectivity index (χ1) is 8.43. The molecule has 4 heteroatoms. The molecule has 18 heavy (non-hydrogen) atoms. The van der Waals surface area contributed by atoms with Crippen molar-refractivity contribution in [2.45, 2.75) is 39.2 Å². The van der Waals surface area contributed by atoms with Gasteiger partial charge in [0.1, 0.15) is 0 Å². The largest absolute Gasteiger partial charge is 0.338 e. The maximum atomic E-state index is 11.5. The van der Waals surface area contributed by atoms with Gasteiger partial charge in [0.05, 0.1) is 0 Å². The second-order valence-corrected chi connectivity index (χ2v) is 5.03. The van der Waals surface area contributed by atoms with Crippen LogP contribution in [0.5, 0.6) is 0 Å². The molecule has 0 fully saturated rings. The highest BCUT2D eigenvalue weighted by atomic mass is 16.2. The zero-order valence-electron chi connectivity index (χ0n) is 11.4. The lowest BCUT2D eigenvalue weighted by atomic mass is 9.96. The number of unbranched alkanes of at least 4 members (excludes halogenated alkanes) is 1. The number of benzene rings is 1. The third-order valence-corrected chi connectivity index (χ3v) is 2.70. The number of carbonyl (C=O) groups is 1. The Bertz CT molecular complexity index is 379. The maximum absolute atomic E-state index is 11.5. The Kier molecular flexibility index (Phi) is 5.16. The van der Waals surface area contributed by atoms with Crippen molar-refractivity contribution in [2.24, 2.45) is 5.73 Å². The Morgan fingerprint density at radius 2 is 1.89 bits per heavy atom. The van der Waals surface area contributed by atoms with E-state index in [0.717, 1.165) is 24.1 Å². The highest BCUT2D eigenvalue weighted by molar-refractivity contribution is 5.89. The van der Waals surface area contributed by atoms with Crippen molar-refractivity contribution < 1.29 is 4.79 Å². The van der Waals surface area contributed by atoms with E-state index in [1.807, 2.05) is 38.1 Å². The molecule has 1 aromatic rings. The Hall–Kier alpha value is -1.55. The van der Waals surface area contributed by atoms with E-state index in [9.17, 15) is 4.79 Å². The number of carbonyl (C=O) groups excluding carboxylic acids is 1. The van der Waals surface area contributed by atoms with Crippen LogP contribution in [0.25, 0.3) is 0 Å². The van der Waals surface area contributed by atoms with Gasteiger partial charge in [-0.05, 0) is 38.0 Å². The fourth-order valence-electron chi connectivity index (χ4n) is 1.54. The Morgan fingerprint density at radius 3 is 2.39 bits per heavy atom. The fraction of sp³-hybridized carbons (Fsp3) is 0.500. The van der Waals surface area contributed by atoms with Crippen LogP contribution in [0.2, 0.25) is 0 Å². The predicted molar refractivity (Wildman–Crippen MR) is 75.6 cm³/mol. The van der Waals surface area contributed by atoms with Crippen LogP contribution in [-0.4, -0.2) is 12.6 Å². The van der Waals surface area contributed by atoms with Gasteiger partial charge in [0.25, 0.3) is 0 Å². The summed E-state index contributed by atoms with van der Waals surface area (Å²) >= 11 is 0. The van der Waals surface area contributed by atoms with Crippen LogP contribution in [0.1, 0.15) is 39.2 Å². The third-order valence-electron chi connectivity index (χ3n) is 2.70. The standard InChI is InChI=1S/C14H23N3O/c1-4-5-10-16-13(18)17-12-8-6-11(7-9-12)14(2,3)15/h6-9H,4-5,10,15H2,1-3H3,(H2,16,17,18). The molecule has 0 saturated heterocycles. The third kappa shape index (κ3) is 4.75. The molecule has 0 aliphatic carbocycles. The SMILES string of the molecule is CCCCNC(=O)Nc1ccc(C(C)(C)N)cc1. The average Bonchev–Trinajstić information content (AvgIpc) is 2.29. The highest BCUT2D eigenvalue weighted by Crippen LogP contribution is 2.18. The van der Waals surface area contributed by atoms with Crippen LogP contribution >= 0.6 is 0 Å². The zero-order valence-corrected chi connectivity index (χ0v) is 11.4. The number of hydrogen-bond acceptors (Lipinski definition) is 2. The van der Waals surface area contributed by atoms with Gasteiger partial charge in [-0.25, -0.2) is 4.79 Å². The smallest absolute Gasteiger partial charge is 0.319 e. The molecule has 0 atom stereocenters. The summed E-state index contributed by atoms with van der Waals surface area (Å²) in [7, 11) is 0. The van der Waals surface area contributed by atoms with Crippen molar-refractivity contribution in [3.63, 3.8) is 0 Å². The van der Waals surface area contributed by atoms with Crippen LogP contribution < -0.4 is 16.4 Å². The van der Waals surface area contributed by atoms with E-state index >= 15 is 0 Å². The molecule has 0 saturated carbocycles. The molecule has 0 aliphatic heterocycles. The van der Waals surface area contributed by atoms with Gasteiger partial charge in [0.15, 0.2) is 0 Å². The molecule has 0 bridgehead atoms. The Balaban J connectivity index is 2.51. The first-order valence-corrected chi connectivity index (χ1v) is 6.37. The summed E-state index contributed by atoms with van der Waals surface area (Å²) < 4.78 is 0. The van der Waals surface area contributed by atoms with Gasteiger partial charge in [-0.2, -0.15) is 0 Å². The van der Waals surface area contributed by atoms with E-state index in [-0.39, 0.29) is 11.6 Å². The van der Waals surface area contributed by atoms with Gasteiger partial charge < -0.3 is 16.4 Å². The molecule has 4 N–H and O–H groups in total. The van der Waals surface area contributed by atoms with Gasteiger partial charge in [0, 0.05) is 17.8 Å². The molecule has 100 valence electrons. The lowest BCUT2D eigenvalue weighted by Gasteiger charge is -2.19. The molecule has 0 unspecified atom stereocenters. The van der Waals surface area contributed by atoms with Crippen LogP contribution in [0, 0.1) is 0 Å². The number of anilines is 1. The maximum Gasteiger partial charge on any atom is 0.319 e. The fourth-order valence-corrected chi connectivity index (χ4v) is 1.54. The number of nitrogens with two attached hydrogens (primary N) is 1. The van der Waals surface area contributed by atoms with Crippen molar-refractivity contribution in [3.8, 4) is 0 Å². The molecule has 0 aliphatic rings. The molecule has 2 amide bonds. The minimum atomic E-state index is -0.359. The molecular formula is C14H23N3O. The average molecular weight is 249 g/mol. The lowest BCUT2D eigenvalue weighted by Crippen LogP contribution is -2.30. The normalized spacial score (nSPS) is 11.1. The minimum Gasteiger partial charge on any atom is -0.338 e. The van der Waals surface area contributed by atoms with E-state index in [1.54, 1.807) is 0 Å². The van der Waals surface area contributed by atoms with Crippen molar-refractivity contribution in [1.29, 1.82) is 0 Å². The Morgan fingerprint density at radius 1 is 1.28 bits per heavy atom. The first kappa shape index (κ1) is 14.5. The summed E-state index contributed by atoms with van der Waals surface area (Å²) in [5, 5.41) is 5.59. The number of hydrogen-bond donors (Lipinski definition) is 3. The summed E-state index contributed by atoms with van der Waals surface area (Å²) in [6, 6.07) is 7.43. The van der Waals surface area contributed by atoms with Gasteiger partial charge in [0.2, 0.25) is 0 Å². The van der Waals surface area contributed by atoms with Crippen LogP contribution in [0.4, 0.5) is 10.5 Å². The minimum absolute atomic E-state index is 0.164. The van der Waals surface area contributed by atoms with Crippen molar-refractivity contribution >= 4 is 11.7 Å². The quantitative estimate of drug-likeness (QED) is 0.702. The second kappa shape index (κ2) is 6.40. The summed E-state index contributed by atoms with van der Waals surface area (Å²) in [6.07, 6.45) is 2.06. The molecule has 1 rings (SSSR count). The van der Waals surface area contributed by atoms with Crippen molar-refractivity contribution in [3.05, 3.63) is 29.8 Å². The van der Waals surface area contributed by atoms with Gasteiger partial charge in [-0.15, -0.1) is 0 Å². The van der Waals surface area contributed by atoms with Gasteiger partial charge in [-0.1, -0.05) is 25.5 Å². The molecule has 0 aromatic heterocycles. The first-order valence-electron chi connectivity index (χ1n) is 6.37. The number of rotatable bonds is 5. The van der Waals surface area contributed by atoms with E-state index in [2.05, 4.69) is 17.6 Å². The molecular weight excluding hydrogens is 226 g/mol. The van der Waals surface area contributed by atoms with Gasteiger partial charge in [-0.3, -0.25) is 0 Å². The molecule has 4 nitrogen and oxygen atoms in total. The van der Waals surface area contributed by atoms with E-state index in [4.69, 9.17) is 5.73 Å². The molecule has 0 radical (unpaired) electrons. The second-order valence-electron chi connectivity index (χ2n) is 5.03. The Labute approximate surface area is 109 Å². The predicted octanol–water partition coefficient (Wildman–Crippen LogP) is 2.80. The van der Waals surface area contributed by atoms with Crippen LogP contribution in [0.15, 0.2) is 24.3 Å². The van der Waals surface area contributed by atoms with Gasteiger partial charge >= 0.3 is 6.03 Å². The highest BCUT2D eigenvalue weighted by Gasteiger charge is 2.13. The summed E-state index contributed by atoms with van der Waals surface area (Å²) in [5.74, 6) is 0. The van der Waals surface area contributed by atoms with Crippen LogP contribution in [0.3, 0.4) is 0 Å². The van der Waals surface area contributed by atoms with Crippen molar-refractivity contribution in [1.82, 2.24) is 5.32 Å². The van der Waals surface area contributed by atoms with E-state index in [0.29, 0.717) is 6.54 Å². The lowest BCUT2D eigenvalue weighted by molar-refractivity contribution is 0.252. The number of amides is 2. The number of urea groups is 1.